The molecule has 1 aliphatic heterocycles. The molecule has 1 unspecified atom stereocenters. The van der Waals surface area contributed by atoms with E-state index in [4.69, 9.17) is 0 Å². The molecule has 1 N–H and O–H groups in total. The van der Waals surface area contributed by atoms with Crippen LogP contribution < -0.4 is 5.32 Å². The molecule has 16 heavy (non-hydrogen) atoms. The van der Waals surface area contributed by atoms with Gasteiger partial charge in [0.25, 0.3) is 0 Å². The van der Waals surface area contributed by atoms with Gasteiger partial charge in [-0.25, -0.2) is 9.50 Å². The number of aryl methyl sites for hydroxylation is 1. The molecule has 0 bridgehead atoms. The number of nitrogens with one attached hydrogen (secondary N) is 1. The first-order chi connectivity index (χ1) is 7.84. The Morgan fingerprint density at radius 1 is 1.50 bits per heavy atom. The minimum atomic E-state index is 0.568. The highest BCUT2D eigenvalue weighted by Gasteiger charge is 2.18. The van der Waals surface area contributed by atoms with Gasteiger partial charge < -0.3 is 5.32 Å². The van der Waals surface area contributed by atoms with Gasteiger partial charge in [0.15, 0.2) is 5.65 Å². The van der Waals surface area contributed by atoms with E-state index in [9.17, 15) is 0 Å². The van der Waals surface area contributed by atoms with Crippen molar-refractivity contribution >= 4 is 5.65 Å². The van der Waals surface area contributed by atoms with Gasteiger partial charge in [-0.05, 0) is 32.4 Å². The molecule has 3 rings (SSSR count). The van der Waals surface area contributed by atoms with Crippen LogP contribution in [-0.4, -0.2) is 27.7 Å². The third-order valence-corrected chi connectivity index (χ3v) is 3.22. The molecule has 84 valence electrons. The van der Waals surface area contributed by atoms with Crippen molar-refractivity contribution in [3.8, 4) is 0 Å². The number of aromatic nitrogens is 3. The Bertz CT molecular complexity index is 497. The lowest BCUT2D eigenvalue weighted by Crippen LogP contribution is -2.29. The van der Waals surface area contributed by atoms with Crippen molar-refractivity contribution in [2.24, 2.45) is 0 Å². The Labute approximate surface area is 94.7 Å². The molecule has 2 aromatic rings. The molecular formula is C12H16N4. The maximum atomic E-state index is 4.51. The van der Waals surface area contributed by atoms with Gasteiger partial charge in [-0.15, -0.1) is 0 Å². The number of piperidine rings is 1. The predicted octanol–water partition coefficient (Wildman–Crippen LogP) is 1.50. The molecule has 1 fully saturated rings. The van der Waals surface area contributed by atoms with E-state index in [-0.39, 0.29) is 0 Å². The SMILES string of the molecule is Cc1cc2nccc(C3CCCNC3)n2n1. The van der Waals surface area contributed by atoms with E-state index in [2.05, 4.69) is 21.5 Å². The number of hydrogen-bond donors (Lipinski definition) is 1. The Balaban J connectivity index is 2.07. The second-order valence-corrected chi connectivity index (χ2v) is 4.47. The van der Waals surface area contributed by atoms with Crippen molar-refractivity contribution in [1.82, 2.24) is 19.9 Å². The lowest BCUT2D eigenvalue weighted by Gasteiger charge is -2.23. The van der Waals surface area contributed by atoms with Crippen molar-refractivity contribution in [3.05, 3.63) is 29.7 Å². The second kappa shape index (κ2) is 3.87. The number of rotatable bonds is 1. The van der Waals surface area contributed by atoms with Crippen LogP contribution in [0, 0.1) is 6.92 Å². The molecule has 3 heterocycles. The van der Waals surface area contributed by atoms with E-state index in [1.807, 2.05) is 23.7 Å². The summed E-state index contributed by atoms with van der Waals surface area (Å²) < 4.78 is 1.99. The van der Waals surface area contributed by atoms with E-state index >= 15 is 0 Å². The van der Waals surface area contributed by atoms with Gasteiger partial charge in [0.2, 0.25) is 0 Å². The molecule has 4 heteroatoms. The largest absolute Gasteiger partial charge is 0.316 e. The summed E-state index contributed by atoms with van der Waals surface area (Å²) in [6.07, 6.45) is 4.38. The Kier molecular flexibility index (Phi) is 2.36. The number of hydrogen-bond acceptors (Lipinski definition) is 3. The van der Waals surface area contributed by atoms with Crippen molar-refractivity contribution in [1.29, 1.82) is 0 Å². The topological polar surface area (TPSA) is 42.2 Å². The fourth-order valence-corrected chi connectivity index (χ4v) is 2.44. The molecule has 4 nitrogen and oxygen atoms in total. The van der Waals surface area contributed by atoms with Crippen molar-refractivity contribution in [3.63, 3.8) is 0 Å². The fraction of sp³-hybridized carbons (Fsp3) is 0.500. The highest BCUT2D eigenvalue weighted by molar-refractivity contribution is 5.40. The quantitative estimate of drug-likeness (QED) is 0.785. The molecule has 1 saturated heterocycles. The van der Waals surface area contributed by atoms with Gasteiger partial charge in [0, 0.05) is 24.7 Å². The molecular weight excluding hydrogens is 200 g/mol. The molecule has 0 aromatic carbocycles. The van der Waals surface area contributed by atoms with Crippen LogP contribution in [0.3, 0.4) is 0 Å². The zero-order valence-corrected chi connectivity index (χ0v) is 9.48. The minimum absolute atomic E-state index is 0.568. The summed E-state index contributed by atoms with van der Waals surface area (Å²) in [6.45, 7) is 4.21. The molecule has 1 aliphatic rings. The average Bonchev–Trinajstić information content (AvgIpc) is 2.70. The second-order valence-electron chi connectivity index (χ2n) is 4.47. The highest BCUT2D eigenvalue weighted by atomic mass is 15.3. The molecule has 0 spiro atoms. The van der Waals surface area contributed by atoms with Crippen LogP contribution in [0.2, 0.25) is 0 Å². The van der Waals surface area contributed by atoms with Gasteiger partial charge in [0.05, 0.1) is 11.4 Å². The average molecular weight is 216 g/mol. The molecule has 0 saturated carbocycles. The first-order valence-corrected chi connectivity index (χ1v) is 5.86. The van der Waals surface area contributed by atoms with E-state index in [1.165, 1.54) is 18.5 Å². The summed E-state index contributed by atoms with van der Waals surface area (Å²) in [5.74, 6) is 0.568. The normalized spacial score (nSPS) is 21.4. The molecule has 2 aromatic heterocycles. The number of fused-ring (bicyclic) bond motifs is 1. The summed E-state index contributed by atoms with van der Waals surface area (Å²) in [5.41, 5.74) is 3.27. The molecule has 1 atom stereocenters. The van der Waals surface area contributed by atoms with Crippen LogP contribution in [0.1, 0.15) is 30.1 Å². The van der Waals surface area contributed by atoms with Crippen molar-refractivity contribution < 1.29 is 0 Å². The summed E-state index contributed by atoms with van der Waals surface area (Å²) in [4.78, 5) is 4.34. The summed E-state index contributed by atoms with van der Waals surface area (Å²) in [7, 11) is 0. The van der Waals surface area contributed by atoms with E-state index in [0.717, 1.165) is 24.4 Å². The van der Waals surface area contributed by atoms with Crippen LogP contribution in [0.25, 0.3) is 5.65 Å². The third-order valence-electron chi connectivity index (χ3n) is 3.22. The predicted molar refractivity (Wildman–Crippen MR) is 62.6 cm³/mol. The first kappa shape index (κ1) is 9.78. The molecule has 0 radical (unpaired) electrons. The Hall–Kier alpha value is -1.42. The van der Waals surface area contributed by atoms with Gasteiger partial charge in [-0.2, -0.15) is 5.10 Å². The number of nitrogens with zero attached hydrogens (tertiary/aromatic N) is 3. The minimum Gasteiger partial charge on any atom is -0.316 e. The maximum absolute atomic E-state index is 4.51. The van der Waals surface area contributed by atoms with E-state index in [0.29, 0.717) is 5.92 Å². The first-order valence-electron chi connectivity index (χ1n) is 5.86. The van der Waals surface area contributed by atoms with Crippen LogP contribution in [0.5, 0.6) is 0 Å². The third kappa shape index (κ3) is 1.59. The summed E-state index contributed by atoms with van der Waals surface area (Å²) in [6, 6.07) is 4.12. The van der Waals surface area contributed by atoms with Crippen LogP contribution >= 0.6 is 0 Å². The smallest absolute Gasteiger partial charge is 0.155 e. The van der Waals surface area contributed by atoms with Gasteiger partial charge in [0.1, 0.15) is 0 Å². The standard InChI is InChI=1S/C12H16N4/c1-9-7-12-14-6-4-11(16(12)15-9)10-3-2-5-13-8-10/h4,6-7,10,13H,2-3,5,8H2,1H3. The monoisotopic (exact) mass is 216 g/mol. The molecule has 0 amide bonds. The lowest BCUT2D eigenvalue weighted by molar-refractivity contribution is 0.448. The lowest BCUT2D eigenvalue weighted by atomic mass is 9.96. The summed E-state index contributed by atoms with van der Waals surface area (Å²) in [5, 5.41) is 7.96. The fourth-order valence-electron chi connectivity index (χ4n) is 2.44. The van der Waals surface area contributed by atoms with E-state index in [1.54, 1.807) is 0 Å². The Morgan fingerprint density at radius 2 is 2.44 bits per heavy atom. The van der Waals surface area contributed by atoms with Gasteiger partial charge in [-0.1, -0.05) is 0 Å². The van der Waals surface area contributed by atoms with Crippen molar-refractivity contribution in [2.45, 2.75) is 25.7 Å². The Morgan fingerprint density at radius 3 is 3.25 bits per heavy atom. The van der Waals surface area contributed by atoms with Crippen molar-refractivity contribution in [2.75, 3.05) is 13.1 Å². The van der Waals surface area contributed by atoms with Gasteiger partial charge in [-0.3, -0.25) is 0 Å². The summed E-state index contributed by atoms with van der Waals surface area (Å²) >= 11 is 0. The molecule has 0 aliphatic carbocycles. The zero-order valence-electron chi connectivity index (χ0n) is 9.48. The van der Waals surface area contributed by atoms with Gasteiger partial charge >= 0.3 is 0 Å². The van der Waals surface area contributed by atoms with E-state index < -0.39 is 0 Å². The zero-order chi connectivity index (χ0) is 11.0. The highest BCUT2D eigenvalue weighted by Crippen LogP contribution is 2.23. The van der Waals surface area contributed by atoms with Crippen LogP contribution in [0.4, 0.5) is 0 Å². The maximum Gasteiger partial charge on any atom is 0.155 e. The van der Waals surface area contributed by atoms with Crippen LogP contribution in [-0.2, 0) is 0 Å². The van der Waals surface area contributed by atoms with Crippen LogP contribution in [0.15, 0.2) is 18.3 Å².